The first-order valence-electron chi connectivity index (χ1n) is 5.80. The van der Waals surface area contributed by atoms with Crippen LogP contribution in [0.15, 0.2) is 53.7 Å². The SMILES string of the molecule is N#Cc1ccccc1NC(=O)CSc1cccc[n+]1[O-]. The van der Waals surface area contributed by atoms with E-state index < -0.39 is 0 Å². The summed E-state index contributed by atoms with van der Waals surface area (Å²) in [7, 11) is 0. The molecular weight excluding hydrogens is 274 g/mol. The van der Waals surface area contributed by atoms with Gasteiger partial charge in [-0.3, -0.25) is 4.79 Å². The van der Waals surface area contributed by atoms with E-state index in [0.29, 0.717) is 21.0 Å². The number of nitrogens with one attached hydrogen (secondary N) is 1. The number of nitrogens with zero attached hydrogens (tertiary/aromatic N) is 2. The third-order valence-electron chi connectivity index (χ3n) is 2.46. The van der Waals surface area contributed by atoms with Crippen molar-refractivity contribution < 1.29 is 9.52 Å². The van der Waals surface area contributed by atoms with Crippen LogP contribution in [-0.2, 0) is 4.79 Å². The molecule has 20 heavy (non-hydrogen) atoms. The van der Waals surface area contributed by atoms with Crippen molar-refractivity contribution in [3.63, 3.8) is 0 Å². The number of para-hydroxylation sites is 1. The molecule has 0 radical (unpaired) electrons. The molecule has 6 heteroatoms. The zero-order valence-corrected chi connectivity index (χ0v) is 11.3. The topological polar surface area (TPSA) is 79.8 Å². The molecule has 0 spiro atoms. The van der Waals surface area contributed by atoms with E-state index in [1.54, 1.807) is 42.5 Å². The van der Waals surface area contributed by atoms with E-state index in [2.05, 4.69) is 5.32 Å². The summed E-state index contributed by atoms with van der Waals surface area (Å²) in [4.78, 5) is 11.8. The third-order valence-corrected chi connectivity index (χ3v) is 3.48. The Balaban J connectivity index is 1.97. The second-order valence-corrected chi connectivity index (χ2v) is 4.85. The largest absolute Gasteiger partial charge is 0.618 e. The number of thioether (sulfide) groups is 1. The molecule has 5 nitrogen and oxygen atoms in total. The first kappa shape index (κ1) is 13.9. The molecule has 100 valence electrons. The van der Waals surface area contributed by atoms with Crippen LogP contribution in [0.5, 0.6) is 0 Å². The number of carbonyl (C=O) groups excluding carboxylic acids is 1. The molecule has 0 atom stereocenters. The number of hydrogen-bond donors (Lipinski definition) is 1. The number of nitriles is 1. The quantitative estimate of drug-likeness (QED) is 0.529. The second kappa shape index (κ2) is 6.59. The van der Waals surface area contributed by atoms with Gasteiger partial charge in [0.2, 0.25) is 5.91 Å². The van der Waals surface area contributed by atoms with Crippen molar-refractivity contribution in [2.45, 2.75) is 5.03 Å². The maximum atomic E-state index is 11.8. The van der Waals surface area contributed by atoms with E-state index in [0.717, 1.165) is 11.8 Å². The molecule has 1 heterocycles. The lowest BCUT2D eigenvalue weighted by Gasteiger charge is -2.06. The molecule has 0 aliphatic carbocycles. The summed E-state index contributed by atoms with van der Waals surface area (Å²) in [5.41, 5.74) is 0.883. The fraction of sp³-hybridized carbons (Fsp3) is 0.0714. The molecule has 0 saturated carbocycles. The molecule has 1 N–H and O–H groups in total. The van der Waals surface area contributed by atoms with Gasteiger partial charge in [-0.25, -0.2) is 0 Å². The minimum atomic E-state index is -0.262. The Bertz CT molecular complexity index is 667. The van der Waals surface area contributed by atoms with Gasteiger partial charge in [0.15, 0.2) is 6.20 Å². The lowest BCUT2D eigenvalue weighted by molar-refractivity contribution is -0.645. The summed E-state index contributed by atoms with van der Waals surface area (Å²) in [6.45, 7) is 0. The molecule has 0 aliphatic heterocycles. The van der Waals surface area contributed by atoms with Gasteiger partial charge in [0, 0.05) is 12.1 Å². The van der Waals surface area contributed by atoms with Gasteiger partial charge in [0.05, 0.1) is 17.0 Å². The van der Waals surface area contributed by atoms with Crippen LogP contribution in [0.3, 0.4) is 0 Å². The Morgan fingerprint density at radius 3 is 2.80 bits per heavy atom. The minimum absolute atomic E-state index is 0.103. The molecule has 0 fully saturated rings. The van der Waals surface area contributed by atoms with Crippen LogP contribution in [0.25, 0.3) is 0 Å². The van der Waals surface area contributed by atoms with Crippen LogP contribution >= 0.6 is 11.8 Å². The average molecular weight is 285 g/mol. The first-order valence-corrected chi connectivity index (χ1v) is 6.79. The van der Waals surface area contributed by atoms with Gasteiger partial charge < -0.3 is 10.5 Å². The van der Waals surface area contributed by atoms with Crippen LogP contribution < -0.4 is 10.0 Å². The van der Waals surface area contributed by atoms with Crippen LogP contribution in [0.4, 0.5) is 5.69 Å². The highest BCUT2D eigenvalue weighted by Crippen LogP contribution is 2.16. The molecule has 1 amide bonds. The van der Waals surface area contributed by atoms with Gasteiger partial charge in [-0.05, 0) is 30.0 Å². The monoisotopic (exact) mass is 285 g/mol. The summed E-state index contributed by atoms with van der Waals surface area (Å²) in [5.74, 6) is -0.159. The number of carbonyl (C=O) groups is 1. The van der Waals surface area contributed by atoms with E-state index in [-0.39, 0.29) is 11.7 Å². The summed E-state index contributed by atoms with van der Waals surface area (Å²) < 4.78 is 0.709. The van der Waals surface area contributed by atoms with Gasteiger partial charge in [0.1, 0.15) is 6.07 Å². The average Bonchev–Trinajstić information content (AvgIpc) is 2.47. The Hall–Kier alpha value is -2.52. The standard InChI is InChI=1S/C14H11N3O2S/c15-9-11-5-1-2-6-12(11)16-13(18)10-20-14-7-3-4-8-17(14)19/h1-8H,10H2,(H,16,18). The molecule has 0 bridgehead atoms. The summed E-state index contributed by atoms with van der Waals surface area (Å²) in [6, 6.07) is 13.8. The Morgan fingerprint density at radius 1 is 1.30 bits per heavy atom. The van der Waals surface area contributed by atoms with Gasteiger partial charge in [0.25, 0.3) is 5.03 Å². The second-order valence-electron chi connectivity index (χ2n) is 3.86. The van der Waals surface area contributed by atoms with Crippen molar-refractivity contribution in [3.05, 3.63) is 59.4 Å². The normalized spacial score (nSPS) is 9.75. The van der Waals surface area contributed by atoms with Crippen LogP contribution in [0.2, 0.25) is 0 Å². The molecular formula is C14H11N3O2S. The van der Waals surface area contributed by atoms with Crippen molar-refractivity contribution >= 4 is 23.4 Å². The first-order chi connectivity index (χ1) is 9.70. The van der Waals surface area contributed by atoms with Gasteiger partial charge >= 0.3 is 0 Å². The van der Waals surface area contributed by atoms with E-state index in [9.17, 15) is 10.0 Å². The van der Waals surface area contributed by atoms with Crippen molar-refractivity contribution in [2.24, 2.45) is 0 Å². The zero-order chi connectivity index (χ0) is 14.4. The van der Waals surface area contributed by atoms with Crippen molar-refractivity contribution in [1.82, 2.24) is 0 Å². The van der Waals surface area contributed by atoms with Crippen LogP contribution in [-0.4, -0.2) is 11.7 Å². The summed E-state index contributed by atoms with van der Waals surface area (Å²) >= 11 is 1.14. The highest BCUT2D eigenvalue weighted by Gasteiger charge is 2.10. The van der Waals surface area contributed by atoms with Crippen molar-refractivity contribution in [3.8, 4) is 6.07 Å². The smallest absolute Gasteiger partial charge is 0.251 e. The summed E-state index contributed by atoms with van der Waals surface area (Å²) in [6.07, 6.45) is 1.38. The summed E-state index contributed by atoms with van der Waals surface area (Å²) in [5, 5.41) is 23.4. The number of anilines is 1. The van der Waals surface area contributed by atoms with Crippen LogP contribution in [0, 0.1) is 16.5 Å². The number of benzene rings is 1. The van der Waals surface area contributed by atoms with Crippen LogP contribution in [0.1, 0.15) is 5.56 Å². The van der Waals surface area contributed by atoms with Crippen molar-refractivity contribution in [1.29, 1.82) is 5.26 Å². The Labute approximate surface area is 120 Å². The highest BCUT2D eigenvalue weighted by molar-refractivity contribution is 7.99. The van der Waals surface area contributed by atoms with E-state index in [1.165, 1.54) is 6.20 Å². The third kappa shape index (κ3) is 3.49. The van der Waals surface area contributed by atoms with E-state index >= 15 is 0 Å². The lowest BCUT2D eigenvalue weighted by Crippen LogP contribution is -2.28. The number of pyridine rings is 1. The van der Waals surface area contributed by atoms with Gasteiger partial charge in [-0.15, -0.1) is 0 Å². The Kier molecular flexibility index (Phi) is 4.58. The number of hydrogen-bond acceptors (Lipinski definition) is 4. The van der Waals surface area contributed by atoms with Crippen molar-refractivity contribution in [2.75, 3.05) is 11.1 Å². The van der Waals surface area contributed by atoms with Gasteiger partial charge in [-0.1, -0.05) is 12.1 Å². The Morgan fingerprint density at radius 2 is 2.05 bits per heavy atom. The molecule has 1 aromatic heterocycles. The fourth-order valence-corrected chi connectivity index (χ4v) is 2.25. The molecule has 2 rings (SSSR count). The predicted molar refractivity (Wildman–Crippen MR) is 75.9 cm³/mol. The van der Waals surface area contributed by atoms with Gasteiger partial charge in [-0.2, -0.15) is 9.99 Å². The number of aromatic nitrogens is 1. The maximum absolute atomic E-state index is 11.8. The van der Waals surface area contributed by atoms with E-state index in [4.69, 9.17) is 5.26 Å². The highest BCUT2D eigenvalue weighted by atomic mass is 32.2. The molecule has 1 aromatic carbocycles. The van der Waals surface area contributed by atoms with E-state index in [1.807, 2.05) is 6.07 Å². The number of amides is 1. The minimum Gasteiger partial charge on any atom is -0.618 e. The molecule has 0 saturated heterocycles. The lowest BCUT2D eigenvalue weighted by atomic mass is 10.2. The molecule has 0 aliphatic rings. The zero-order valence-electron chi connectivity index (χ0n) is 10.4. The maximum Gasteiger partial charge on any atom is 0.251 e. The number of rotatable bonds is 4. The molecule has 2 aromatic rings. The molecule has 0 unspecified atom stereocenters. The predicted octanol–water partition coefficient (Wildman–Crippen LogP) is 1.92. The fourth-order valence-electron chi connectivity index (χ4n) is 1.54.